The lowest BCUT2D eigenvalue weighted by molar-refractivity contribution is 1.05. The predicted molar refractivity (Wildman–Crippen MR) is 52.3 cm³/mol. The van der Waals surface area contributed by atoms with Crippen LogP contribution in [0.15, 0.2) is 18.3 Å². The molecule has 2 aromatic rings. The summed E-state index contributed by atoms with van der Waals surface area (Å²) in [5.41, 5.74) is 6.19. The monoisotopic (exact) mass is 192 g/mol. The lowest BCUT2D eigenvalue weighted by atomic mass is 10.4. The van der Waals surface area contributed by atoms with E-state index in [0.717, 1.165) is 15.6 Å². The molecule has 0 aromatic carbocycles. The SMILES string of the molecule is Cc1cnc(-c2ccc(N)nn2)s1. The molecule has 0 aliphatic rings. The average Bonchev–Trinajstić information content (AvgIpc) is 2.53. The van der Waals surface area contributed by atoms with Crippen LogP contribution in [-0.4, -0.2) is 15.2 Å². The van der Waals surface area contributed by atoms with E-state index >= 15 is 0 Å². The average molecular weight is 192 g/mol. The Balaban J connectivity index is 2.41. The second kappa shape index (κ2) is 3.10. The van der Waals surface area contributed by atoms with Crippen LogP contribution in [0.1, 0.15) is 4.88 Å². The van der Waals surface area contributed by atoms with Gasteiger partial charge in [-0.1, -0.05) is 0 Å². The third-order valence-electron chi connectivity index (χ3n) is 1.53. The number of nitrogens with two attached hydrogens (primary N) is 1. The van der Waals surface area contributed by atoms with Crippen molar-refractivity contribution in [1.29, 1.82) is 0 Å². The maximum absolute atomic E-state index is 5.42. The summed E-state index contributed by atoms with van der Waals surface area (Å²) in [6.45, 7) is 2.01. The molecule has 0 bridgehead atoms. The van der Waals surface area contributed by atoms with Gasteiger partial charge in [0.15, 0.2) is 0 Å². The van der Waals surface area contributed by atoms with E-state index in [-0.39, 0.29) is 0 Å². The molecule has 66 valence electrons. The minimum absolute atomic E-state index is 0.428. The molecule has 13 heavy (non-hydrogen) atoms. The van der Waals surface area contributed by atoms with E-state index in [2.05, 4.69) is 15.2 Å². The van der Waals surface area contributed by atoms with Crippen LogP contribution < -0.4 is 5.73 Å². The van der Waals surface area contributed by atoms with Gasteiger partial charge in [-0.05, 0) is 19.1 Å². The lowest BCUT2D eigenvalue weighted by Gasteiger charge is -1.93. The highest BCUT2D eigenvalue weighted by atomic mass is 32.1. The Kier molecular flexibility index (Phi) is 1.94. The summed E-state index contributed by atoms with van der Waals surface area (Å²) < 4.78 is 0. The first-order valence-electron chi connectivity index (χ1n) is 3.78. The van der Waals surface area contributed by atoms with Crippen molar-refractivity contribution in [1.82, 2.24) is 15.2 Å². The second-order valence-electron chi connectivity index (χ2n) is 2.62. The number of hydrogen-bond acceptors (Lipinski definition) is 5. The standard InChI is InChI=1S/C8H8N4S/c1-5-4-10-8(13-5)6-2-3-7(9)12-11-6/h2-4H,1H3,(H2,9,12). The van der Waals surface area contributed by atoms with E-state index in [9.17, 15) is 0 Å². The summed E-state index contributed by atoms with van der Waals surface area (Å²) in [6.07, 6.45) is 1.82. The highest BCUT2D eigenvalue weighted by Crippen LogP contribution is 2.21. The van der Waals surface area contributed by atoms with Crippen molar-refractivity contribution in [3.63, 3.8) is 0 Å². The first-order chi connectivity index (χ1) is 6.25. The van der Waals surface area contributed by atoms with Crippen molar-refractivity contribution in [3.8, 4) is 10.7 Å². The van der Waals surface area contributed by atoms with E-state index in [1.807, 2.05) is 19.2 Å². The molecule has 2 N–H and O–H groups in total. The molecule has 2 rings (SSSR count). The fraction of sp³-hybridized carbons (Fsp3) is 0.125. The Morgan fingerprint density at radius 2 is 2.15 bits per heavy atom. The molecule has 0 unspecified atom stereocenters. The number of nitrogen functional groups attached to an aromatic ring is 1. The molecule has 2 aromatic heterocycles. The third kappa shape index (κ3) is 1.65. The van der Waals surface area contributed by atoms with Crippen molar-refractivity contribution in [2.45, 2.75) is 6.92 Å². The minimum Gasteiger partial charge on any atom is -0.382 e. The van der Waals surface area contributed by atoms with Crippen molar-refractivity contribution >= 4 is 17.2 Å². The maximum atomic E-state index is 5.42. The number of rotatable bonds is 1. The van der Waals surface area contributed by atoms with E-state index in [4.69, 9.17) is 5.73 Å². The fourth-order valence-corrected chi connectivity index (χ4v) is 1.66. The van der Waals surface area contributed by atoms with Crippen LogP contribution in [0.4, 0.5) is 5.82 Å². The third-order valence-corrected chi connectivity index (χ3v) is 2.46. The largest absolute Gasteiger partial charge is 0.382 e. The van der Waals surface area contributed by atoms with Gasteiger partial charge in [0, 0.05) is 11.1 Å². The first kappa shape index (κ1) is 8.12. The lowest BCUT2D eigenvalue weighted by Crippen LogP contribution is -1.93. The normalized spacial score (nSPS) is 10.2. The molecule has 0 aliphatic heterocycles. The van der Waals surface area contributed by atoms with Crippen molar-refractivity contribution in [3.05, 3.63) is 23.2 Å². The van der Waals surface area contributed by atoms with Crippen LogP contribution >= 0.6 is 11.3 Å². The minimum atomic E-state index is 0.428. The van der Waals surface area contributed by atoms with Gasteiger partial charge in [-0.15, -0.1) is 21.5 Å². The smallest absolute Gasteiger partial charge is 0.146 e. The van der Waals surface area contributed by atoms with Gasteiger partial charge in [0.1, 0.15) is 16.5 Å². The van der Waals surface area contributed by atoms with E-state index in [1.54, 1.807) is 17.4 Å². The Hall–Kier alpha value is -1.49. The van der Waals surface area contributed by atoms with Gasteiger partial charge < -0.3 is 5.73 Å². The Morgan fingerprint density at radius 1 is 1.31 bits per heavy atom. The quantitative estimate of drug-likeness (QED) is 0.743. The molecule has 0 spiro atoms. The number of nitrogens with zero attached hydrogens (tertiary/aromatic N) is 3. The van der Waals surface area contributed by atoms with Crippen LogP contribution in [0.25, 0.3) is 10.7 Å². The number of thiazole rings is 1. The molecule has 2 heterocycles. The van der Waals surface area contributed by atoms with Gasteiger partial charge in [0.05, 0.1) is 0 Å². The molecule has 0 saturated carbocycles. The van der Waals surface area contributed by atoms with Gasteiger partial charge in [-0.3, -0.25) is 0 Å². The van der Waals surface area contributed by atoms with E-state index < -0.39 is 0 Å². The molecule has 0 fully saturated rings. The number of anilines is 1. The van der Waals surface area contributed by atoms with Crippen molar-refractivity contribution < 1.29 is 0 Å². The van der Waals surface area contributed by atoms with Crippen LogP contribution in [0.3, 0.4) is 0 Å². The zero-order chi connectivity index (χ0) is 9.26. The summed E-state index contributed by atoms with van der Waals surface area (Å²) in [5, 5.41) is 8.57. The summed E-state index contributed by atoms with van der Waals surface area (Å²) in [6, 6.07) is 3.54. The van der Waals surface area contributed by atoms with Crippen LogP contribution in [-0.2, 0) is 0 Å². The molecule has 0 aliphatic carbocycles. The van der Waals surface area contributed by atoms with Gasteiger partial charge in [0.25, 0.3) is 0 Å². The summed E-state index contributed by atoms with van der Waals surface area (Å²) in [4.78, 5) is 5.35. The van der Waals surface area contributed by atoms with E-state index in [1.165, 1.54) is 0 Å². The number of aromatic nitrogens is 3. The van der Waals surface area contributed by atoms with Crippen LogP contribution in [0.2, 0.25) is 0 Å². The topological polar surface area (TPSA) is 64.7 Å². The second-order valence-corrected chi connectivity index (χ2v) is 3.85. The maximum Gasteiger partial charge on any atom is 0.146 e. The van der Waals surface area contributed by atoms with Gasteiger partial charge in [0.2, 0.25) is 0 Å². The summed E-state index contributed by atoms with van der Waals surface area (Å²) in [5.74, 6) is 0.428. The van der Waals surface area contributed by atoms with Gasteiger partial charge >= 0.3 is 0 Å². The molecule has 0 atom stereocenters. The molecule has 0 amide bonds. The highest BCUT2D eigenvalue weighted by molar-refractivity contribution is 7.14. The zero-order valence-electron chi connectivity index (χ0n) is 7.06. The fourth-order valence-electron chi connectivity index (χ4n) is 0.930. The van der Waals surface area contributed by atoms with Crippen LogP contribution in [0.5, 0.6) is 0 Å². The molecule has 4 nitrogen and oxygen atoms in total. The number of aryl methyl sites for hydroxylation is 1. The zero-order valence-corrected chi connectivity index (χ0v) is 7.88. The number of hydrogen-bond donors (Lipinski definition) is 1. The summed E-state index contributed by atoms with van der Waals surface area (Å²) >= 11 is 1.59. The molecular weight excluding hydrogens is 184 g/mol. The first-order valence-corrected chi connectivity index (χ1v) is 4.59. The Morgan fingerprint density at radius 3 is 2.69 bits per heavy atom. The van der Waals surface area contributed by atoms with Crippen molar-refractivity contribution in [2.24, 2.45) is 0 Å². The Bertz CT molecular complexity index is 406. The highest BCUT2D eigenvalue weighted by Gasteiger charge is 2.03. The molecular formula is C8H8N4S. The Labute approximate surface area is 79.5 Å². The summed E-state index contributed by atoms with van der Waals surface area (Å²) in [7, 11) is 0. The van der Waals surface area contributed by atoms with Crippen LogP contribution in [0, 0.1) is 6.92 Å². The van der Waals surface area contributed by atoms with Crippen molar-refractivity contribution in [2.75, 3.05) is 5.73 Å². The molecule has 0 saturated heterocycles. The van der Waals surface area contributed by atoms with E-state index in [0.29, 0.717) is 5.82 Å². The van der Waals surface area contributed by atoms with Gasteiger partial charge in [-0.25, -0.2) is 4.98 Å². The molecule has 5 heteroatoms. The van der Waals surface area contributed by atoms with Gasteiger partial charge in [-0.2, -0.15) is 0 Å². The predicted octanol–water partition coefficient (Wildman–Crippen LogP) is 1.49. The molecule has 0 radical (unpaired) electrons.